The van der Waals surface area contributed by atoms with E-state index in [-0.39, 0.29) is 0 Å². The molecule has 1 aromatic rings. The molecule has 0 spiro atoms. The molecule has 0 saturated heterocycles. The summed E-state index contributed by atoms with van der Waals surface area (Å²) in [5.41, 5.74) is 1.49. The van der Waals surface area contributed by atoms with Gasteiger partial charge in [0, 0.05) is 30.9 Å². The van der Waals surface area contributed by atoms with Gasteiger partial charge in [-0.05, 0) is 13.3 Å². The lowest BCUT2D eigenvalue weighted by molar-refractivity contribution is -0.704. The number of aryl methyl sites for hydroxylation is 2. The highest BCUT2D eigenvalue weighted by atomic mass is 16.4. The molecule has 18 heavy (non-hydrogen) atoms. The van der Waals surface area contributed by atoms with Crippen molar-refractivity contribution in [1.82, 2.24) is 0 Å². The van der Waals surface area contributed by atoms with Crippen LogP contribution in [-0.2, 0) is 17.8 Å². The van der Waals surface area contributed by atoms with Crippen LogP contribution in [0.1, 0.15) is 52.1 Å². The van der Waals surface area contributed by atoms with Crippen molar-refractivity contribution in [2.24, 2.45) is 0 Å². The lowest BCUT2D eigenvalue weighted by Crippen LogP contribution is -2.37. The Labute approximate surface area is 110 Å². The molecule has 0 aliphatic carbocycles. The van der Waals surface area contributed by atoms with Gasteiger partial charge in [-0.1, -0.05) is 32.8 Å². The smallest absolute Gasteiger partial charge is 0.181 e. The van der Waals surface area contributed by atoms with Crippen molar-refractivity contribution in [1.29, 1.82) is 0 Å². The first-order valence-corrected chi connectivity index (χ1v) is 6.76. The SMILES string of the molecule is CC(=O)[O-].CCCCc1cccc[n+]1CCCC. The van der Waals surface area contributed by atoms with Crippen LogP contribution in [0, 0.1) is 0 Å². The topological polar surface area (TPSA) is 44.0 Å². The van der Waals surface area contributed by atoms with Gasteiger partial charge in [-0.3, -0.25) is 0 Å². The van der Waals surface area contributed by atoms with E-state index in [0.717, 1.165) is 6.92 Å². The fourth-order valence-corrected chi connectivity index (χ4v) is 1.64. The van der Waals surface area contributed by atoms with Crippen LogP contribution in [0.2, 0.25) is 0 Å². The van der Waals surface area contributed by atoms with Gasteiger partial charge >= 0.3 is 0 Å². The molecule has 0 bridgehead atoms. The number of rotatable bonds is 6. The summed E-state index contributed by atoms with van der Waals surface area (Å²) in [7, 11) is 0. The molecule has 0 amide bonds. The number of unbranched alkanes of at least 4 members (excludes halogenated alkanes) is 2. The zero-order chi connectivity index (χ0) is 13.8. The third kappa shape index (κ3) is 8.74. The number of nitrogens with zero attached hydrogens (tertiary/aromatic N) is 1. The Balaban J connectivity index is 0.000000631. The first-order valence-electron chi connectivity index (χ1n) is 6.76. The Morgan fingerprint density at radius 2 is 1.83 bits per heavy atom. The second-order valence-corrected chi connectivity index (χ2v) is 4.33. The van der Waals surface area contributed by atoms with Crippen molar-refractivity contribution in [3.63, 3.8) is 0 Å². The molecule has 0 radical (unpaired) electrons. The number of carbonyl (C=O) groups excluding carboxylic acids is 1. The molecule has 0 unspecified atom stereocenters. The van der Waals surface area contributed by atoms with Gasteiger partial charge in [0.05, 0.1) is 0 Å². The molecule has 0 aliphatic rings. The van der Waals surface area contributed by atoms with Crippen molar-refractivity contribution in [3.05, 3.63) is 30.1 Å². The van der Waals surface area contributed by atoms with Crippen molar-refractivity contribution in [3.8, 4) is 0 Å². The number of carbonyl (C=O) groups is 1. The zero-order valence-corrected chi connectivity index (χ0v) is 11.8. The largest absolute Gasteiger partial charge is 0.550 e. The van der Waals surface area contributed by atoms with Gasteiger partial charge < -0.3 is 9.90 Å². The summed E-state index contributed by atoms with van der Waals surface area (Å²) in [5, 5.41) is 8.89. The molecule has 0 N–H and O–H groups in total. The van der Waals surface area contributed by atoms with Crippen LogP contribution < -0.4 is 9.67 Å². The lowest BCUT2D eigenvalue weighted by atomic mass is 10.2. The van der Waals surface area contributed by atoms with Gasteiger partial charge in [-0.2, -0.15) is 0 Å². The van der Waals surface area contributed by atoms with Crippen molar-refractivity contribution < 1.29 is 14.5 Å². The molecule has 3 heteroatoms. The van der Waals surface area contributed by atoms with E-state index in [1.165, 1.54) is 44.3 Å². The van der Waals surface area contributed by atoms with Crippen LogP contribution in [0.4, 0.5) is 0 Å². The number of hydrogen-bond donors (Lipinski definition) is 0. The van der Waals surface area contributed by atoms with Crippen molar-refractivity contribution >= 4 is 5.97 Å². The fourth-order valence-electron chi connectivity index (χ4n) is 1.64. The maximum absolute atomic E-state index is 8.89. The number of pyridine rings is 1. The molecule has 1 aromatic heterocycles. The van der Waals surface area contributed by atoms with Gasteiger partial charge in [0.2, 0.25) is 0 Å². The summed E-state index contributed by atoms with van der Waals surface area (Å²) in [4.78, 5) is 8.89. The van der Waals surface area contributed by atoms with E-state index in [4.69, 9.17) is 9.90 Å². The van der Waals surface area contributed by atoms with Crippen LogP contribution in [-0.4, -0.2) is 5.97 Å². The molecular formula is C15H25NO2. The van der Waals surface area contributed by atoms with Gasteiger partial charge in [-0.25, -0.2) is 4.57 Å². The molecule has 0 saturated carbocycles. The van der Waals surface area contributed by atoms with Gasteiger partial charge in [-0.15, -0.1) is 0 Å². The Kier molecular flexibility index (Phi) is 9.93. The van der Waals surface area contributed by atoms with Crippen LogP contribution in [0.15, 0.2) is 24.4 Å². The number of carboxylic acids is 1. The molecule has 1 heterocycles. The molecule has 0 atom stereocenters. The van der Waals surface area contributed by atoms with Crippen LogP contribution >= 0.6 is 0 Å². The maximum Gasteiger partial charge on any atom is 0.181 e. The molecule has 3 nitrogen and oxygen atoms in total. The van der Waals surface area contributed by atoms with Crippen LogP contribution in [0.5, 0.6) is 0 Å². The quantitative estimate of drug-likeness (QED) is 0.724. The predicted octanol–water partition coefficient (Wildman–Crippen LogP) is 1.87. The fraction of sp³-hybridized carbons (Fsp3) is 0.600. The Hall–Kier alpha value is -1.38. The van der Waals surface area contributed by atoms with Crippen LogP contribution in [0.25, 0.3) is 0 Å². The first-order chi connectivity index (χ1) is 8.61. The van der Waals surface area contributed by atoms with E-state index in [0.29, 0.717) is 0 Å². The second kappa shape index (κ2) is 10.8. The number of aliphatic carboxylic acids is 1. The molecule has 0 fully saturated rings. The first kappa shape index (κ1) is 16.6. The molecule has 102 valence electrons. The number of carboxylic acid groups (broad SMARTS) is 1. The monoisotopic (exact) mass is 251 g/mol. The third-order valence-corrected chi connectivity index (χ3v) is 2.57. The predicted molar refractivity (Wildman–Crippen MR) is 70.8 cm³/mol. The summed E-state index contributed by atoms with van der Waals surface area (Å²) in [6.45, 7) is 6.64. The van der Waals surface area contributed by atoms with E-state index in [2.05, 4.69) is 42.8 Å². The maximum atomic E-state index is 8.89. The highest BCUT2D eigenvalue weighted by Gasteiger charge is 2.07. The molecule has 0 aliphatic heterocycles. The summed E-state index contributed by atoms with van der Waals surface area (Å²) in [6, 6.07) is 6.53. The van der Waals surface area contributed by atoms with Crippen LogP contribution in [0.3, 0.4) is 0 Å². The minimum Gasteiger partial charge on any atom is -0.550 e. The van der Waals surface area contributed by atoms with Gasteiger partial charge in [0.1, 0.15) is 6.54 Å². The zero-order valence-electron chi connectivity index (χ0n) is 11.8. The van der Waals surface area contributed by atoms with Gasteiger partial charge in [0.15, 0.2) is 11.9 Å². The minimum absolute atomic E-state index is 0.972. The summed E-state index contributed by atoms with van der Waals surface area (Å²) < 4.78 is 2.40. The molecule has 1 rings (SSSR count). The van der Waals surface area contributed by atoms with E-state index in [9.17, 15) is 0 Å². The van der Waals surface area contributed by atoms with E-state index >= 15 is 0 Å². The average molecular weight is 251 g/mol. The normalized spacial score (nSPS) is 9.50. The van der Waals surface area contributed by atoms with E-state index in [1.54, 1.807) is 0 Å². The number of aromatic nitrogens is 1. The summed E-state index contributed by atoms with van der Waals surface area (Å²) in [5.74, 6) is -1.08. The lowest BCUT2D eigenvalue weighted by Gasteiger charge is -2.02. The Bertz CT molecular complexity index is 306. The highest BCUT2D eigenvalue weighted by molar-refractivity contribution is 5.60. The Morgan fingerprint density at radius 3 is 2.39 bits per heavy atom. The van der Waals surface area contributed by atoms with E-state index in [1.807, 2.05) is 0 Å². The average Bonchev–Trinajstić information content (AvgIpc) is 2.34. The number of hydrogen-bond acceptors (Lipinski definition) is 2. The summed E-state index contributed by atoms with van der Waals surface area (Å²) in [6.07, 6.45) is 8.57. The van der Waals surface area contributed by atoms with E-state index < -0.39 is 5.97 Å². The Morgan fingerprint density at radius 1 is 1.22 bits per heavy atom. The minimum atomic E-state index is -1.08. The summed E-state index contributed by atoms with van der Waals surface area (Å²) >= 11 is 0. The van der Waals surface area contributed by atoms with Crippen molar-refractivity contribution in [2.75, 3.05) is 0 Å². The molecule has 0 aromatic carbocycles. The standard InChI is InChI=1S/C13H22N.C2H4O2/c1-3-5-9-13-10-7-8-12-14(13)11-6-4-2;1-2(3)4/h7-8,10,12H,3-6,9,11H2,1-2H3;1H3,(H,3,4)/q+1;/p-1. The molecular weight excluding hydrogens is 226 g/mol. The third-order valence-electron chi connectivity index (χ3n) is 2.57. The van der Waals surface area contributed by atoms with Gasteiger partial charge in [0.25, 0.3) is 0 Å². The van der Waals surface area contributed by atoms with Crippen molar-refractivity contribution in [2.45, 2.75) is 59.4 Å². The highest BCUT2D eigenvalue weighted by Crippen LogP contribution is 2.00. The second-order valence-electron chi connectivity index (χ2n) is 4.33.